The normalized spacial score (nSPS) is 25.2. The molecule has 0 amide bonds. The summed E-state index contributed by atoms with van der Waals surface area (Å²) in [6, 6.07) is 0. The molecule has 2 aliphatic carbocycles. The van der Waals surface area contributed by atoms with E-state index in [0.29, 0.717) is 12.8 Å². The summed E-state index contributed by atoms with van der Waals surface area (Å²) in [7, 11) is 1.36. The van der Waals surface area contributed by atoms with Crippen LogP contribution in [-0.2, 0) is 14.3 Å². The van der Waals surface area contributed by atoms with Gasteiger partial charge in [0, 0.05) is 12.0 Å². The maximum Gasteiger partial charge on any atom is 0.309 e. The fraction of sp³-hybridized carbons (Fsp3) is 0.455. The number of esters is 1. The van der Waals surface area contributed by atoms with Crippen molar-refractivity contribution in [1.82, 2.24) is 0 Å². The fourth-order valence-electron chi connectivity index (χ4n) is 2.05. The average molecular weight is 192 g/mol. The second-order valence-electron chi connectivity index (χ2n) is 3.66. The van der Waals surface area contributed by atoms with Crippen LogP contribution in [0, 0.1) is 5.92 Å². The lowest BCUT2D eigenvalue weighted by Gasteiger charge is -2.20. The zero-order valence-electron chi connectivity index (χ0n) is 8.08. The highest BCUT2D eigenvalue weighted by Gasteiger charge is 2.32. The fourth-order valence-corrected chi connectivity index (χ4v) is 2.05. The van der Waals surface area contributed by atoms with Crippen molar-refractivity contribution in [1.29, 1.82) is 0 Å². The molecule has 74 valence electrons. The van der Waals surface area contributed by atoms with Crippen molar-refractivity contribution in [3.05, 3.63) is 23.3 Å². The molecule has 0 aromatic heterocycles. The summed E-state index contributed by atoms with van der Waals surface area (Å²) in [5.74, 6) is -0.439. The first kappa shape index (κ1) is 9.19. The van der Waals surface area contributed by atoms with Crippen molar-refractivity contribution in [3.8, 4) is 0 Å². The molecule has 0 saturated carbocycles. The third-order valence-corrected chi connectivity index (χ3v) is 2.80. The lowest BCUT2D eigenvalue weighted by Crippen LogP contribution is -2.25. The van der Waals surface area contributed by atoms with E-state index < -0.39 is 0 Å². The zero-order valence-corrected chi connectivity index (χ0v) is 8.08. The van der Waals surface area contributed by atoms with Crippen LogP contribution >= 0.6 is 0 Å². The number of methoxy groups -OCH3 is 1. The first-order valence-electron chi connectivity index (χ1n) is 4.72. The Kier molecular flexibility index (Phi) is 2.23. The number of hydrogen-bond acceptors (Lipinski definition) is 3. The van der Waals surface area contributed by atoms with Gasteiger partial charge in [0.25, 0.3) is 0 Å². The Morgan fingerprint density at radius 2 is 2.29 bits per heavy atom. The van der Waals surface area contributed by atoms with Crippen LogP contribution in [0.1, 0.15) is 19.3 Å². The molecule has 2 aliphatic rings. The summed E-state index contributed by atoms with van der Waals surface area (Å²) in [6.07, 6.45) is 5.63. The average Bonchev–Trinajstić information content (AvgIpc) is 2.64. The number of ether oxygens (including phenoxy) is 1. The second-order valence-corrected chi connectivity index (χ2v) is 3.66. The van der Waals surface area contributed by atoms with Gasteiger partial charge in [-0.2, -0.15) is 0 Å². The first-order valence-corrected chi connectivity index (χ1v) is 4.72. The van der Waals surface area contributed by atoms with Gasteiger partial charge in [0.05, 0.1) is 13.0 Å². The number of carbonyl (C=O) groups excluding carboxylic acids is 2. The van der Waals surface area contributed by atoms with Gasteiger partial charge < -0.3 is 4.74 Å². The molecule has 0 heterocycles. The van der Waals surface area contributed by atoms with Crippen LogP contribution < -0.4 is 0 Å². The minimum Gasteiger partial charge on any atom is -0.469 e. The van der Waals surface area contributed by atoms with Crippen LogP contribution in [0.15, 0.2) is 23.3 Å². The molecule has 0 saturated heterocycles. The van der Waals surface area contributed by atoms with E-state index in [9.17, 15) is 9.59 Å². The monoisotopic (exact) mass is 192 g/mol. The highest BCUT2D eigenvalue weighted by atomic mass is 16.5. The highest BCUT2D eigenvalue weighted by Crippen LogP contribution is 2.33. The molecule has 3 nitrogen and oxygen atoms in total. The number of carbonyl (C=O) groups is 2. The molecule has 0 radical (unpaired) electrons. The summed E-state index contributed by atoms with van der Waals surface area (Å²) in [5, 5.41) is 0. The Hall–Kier alpha value is -1.38. The molecule has 0 spiro atoms. The van der Waals surface area contributed by atoms with Crippen LogP contribution in [-0.4, -0.2) is 18.9 Å². The van der Waals surface area contributed by atoms with E-state index in [1.165, 1.54) is 7.11 Å². The SMILES string of the molecule is COC(=O)C1CC(=O)C2=C(C=CC2)C1. The van der Waals surface area contributed by atoms with Gasteiger partial charge in [-0.15, -0.1) is 0 Å². The lowest BCUT2D eigenvalue weighted by atomic mass is 9.84. The maximum atomic E-state index is 11.6. The summed E-state index contributed by atoms with van der Waals surface area (Å²) in [5.41, 5.74) is 1.92. The van der Waals surface area contributed by atoms with Crippen LogP contribution in [0.4, 0.5) is 0 Å². The maximum absolute atomic E-state index is 11.6. The molecule has 14 heavy (non-hydrogen) atoms. The summed E-state index contributed by atoms with van der Waals surface area (Å²) in [6.45, 7) is 0. The van der Waals surface area contributed by atoms with Crippen molar-refractivity contribution in [2.24, 2.45) is 5.92 Å². The molecule has 3 heteroatoms. The Balaban J connectivity index is 2.20. The van der Waals surface area contributed by atoms with Crippen molar-refractivity contribution < 1.29 is 14.3 Å². The van der Waals surface area contributed by atoms with Gasteiger partial charge in [0.1, 0.15) is 0 Å². The van der Waals surface area contributed by atoms with Crippen molar-refractivity contribution in [2.45, 2.75) is 19.3 Å². The molecule has 2 rings (SSSR count). The van der Waals surface area contributed by atoms with E-state index in [4.69, 9.17) is 0 Å². The van der Waals surface area contributed by atoms with Crippen LogP contribution in [0.5, 0.6) is 0 Å². The number of rotatable bonds is 1. The standard InChI is InChI=1S/C11H12O3/c1-14-11(13)8-5-7-3-2-4-9(7)10(12)6-8/h2-3,8H,4-6H2,1H3. The molecule has 0 aromatic rings. The summed E-state index contributed by atoms with van der Waals surface area (Å²) >= 11 is 0. The van der Waals surface area contributed by atoms with Crippen LogP contribution in [0.2, 0.25) is 0 Å². The van der Waals surface area contributed by atoms with Gasteiger partial charge in [0.2, 0.25) is 0 Å². The minimum absolute atomic E-state index is 0.103. The molecule has 0 N–H and O–H groups in total. The highest BCUT2D eigenvalue weighted by molar-refractivity contribution is 6.01. The largest absolute Gasteiger partial charge is 0.469 e. The zero-order chi connectivity index (χ0) is 10.1. The van der Waals surface area contributed by atoms with Gasteiger partial charge in [-0.05, 0) is 18.4 Å². The van der Waals surface area contributed by atoms with Gasteiger partial charge in [-0.25, -0.2) is 0 Å². The van der Waals surface area contributed by atoms with Gasteiger partial charge in [-0.3, -0.25) is 9.59 Å². The van der Waals surface area contributed by atoms with Crippen molar-refractivity contribution in [2.75, 3.05) is 7.11 Å². The Morgan fingerprint density at radius 1 is 1.50 bits per heavy atom. The molecule has 0 aromatic carbocycles. The topological polar surface area (TPSA) is 43.4 Å². The Bertz CT molecular complexity index is 350. The van der Waals surface area contributed by atoms with Gasteiger partial charge >= 0.3 is 5.97 Å². The van der Waals surface area contributed by atoms with Crippen molar-refractivity contribution in [3.63, 3.8) is 0 Å². The molecular formula is C11H12O3. The molecule has 0 fully saturated rings. The number of Topliss-reactive ketones (excluding diaryl/α,β-unsaturated/α-hetero) is 1. The number of ketones is 1. The predicted molar refractivity (Wildman–Crippen MR) is 50.5 cm³/mol. The summed E-state index contributed by atoms with van der Waals surface area (Å²) < 4.78 is 4.65. The van der Waals surface area contributed by atoms with Crippen LogP contribution in [0.3, 0.4) is 0 Å². The third kappa shape index (κ3) is 1.39. The molecule has 1 unspecified atom stereocenters. The van der Waals surface area contributed by atoms with E-state index in [0.717, 1.165) is 17.6 Å². The third-order valence-electron chi connectivity index (χ3n) is 2.80. The first-order chi connectivity index (χ1) is 6.72. The Labute approximate surface area is 82.4 Å². The van der Waals surface area contributed by atoms with E-state index in [2.05, 4.69) is 4.74 Å². The molecule has 1 atom stereocenters. The lowest BCUT2D eigenvalue weighted by molar-refractivity contribution is -0.147. The minimum atomic E-state index is -0.273. The van der Waals surface area contributed by atoms with Crippen LogP contribution in [0.25, 0.3) is 0 Å². The van der Waals surface area contributed by atoms with E-state index in [1.807, 2.05) is 12.2 Å². The smallest absolute Gasteiger partial charge is 0.309 e. The number of hydrogen-bond donors (Lipinski definition) is 0. The number of allylic oxidation sites excluding steroid dienone is 4. The summed E-state index contributed by atoms with van der Waals surface area (Å²) in [4.78, 5) is 22.9. The molecule has 0 bridgehead atoms. The Morgan fingerprint density at radius 3 is 3.00 bits per heavy atom. The van der Waals surface area contributed by atoms with Crippen molar-refractivity contribution >= 4 is 11.8 Å². The van der Waals surface area contributed by atoms with Gasteiger partial charge in [-0.1, -0.05) is 12.2 Å². The van der Waals surface area contributed by atoms with E-state index in [-0.39, 0.29) is 17.7 Å². The predicted octanol–water partition coefficient (Wildman–Crippen LogP) is 1.40. The quantitative estimate of drug-likeness (QED) is 0.590. The van der Waals surface area contributed by atoms with Gasteiger partial charge in [0.15, 0.2) is 5.78 Å². The van der Waals surface area contributed by atoms with E-state index >= 15 is 0 Å². The molecular weight excluding hydrogens is 180 g/mol. The second kappa shape index (κ2) is 3.40. The van der Waals surface area contributed by atoms with E-state index in [1.54, 1.807) is 0 Å². The molecule has 0 aliphatic heterocycles.